The third kappa shape index (κ3) is 18.2. The molecule has 0 bridgehead atoms. The zero-order valence-electron chi connectivity index (χ0n) is 12.2. The molecule has 18 heavy (non-hydrogen) atoms. The molecule has 0 aliphatic carbocycles. The van der Waals surface area contributed by atoms with Crippen molar-refractivity contribution in [3.8, 4) is 0 Å². The second-order valence-corrected chi connectivity index (χ2v) is 4.31. The van der Waals surface area contributed by atoms with Crippen molar-refractivity contribution in [3.63, 3.8) is 0 Å². The molecule has 2 atom stereocenters. The Bertz CT molecular complexity index is 132. The Balaban J connectivity index is 0. The molecular weight excluding hydrogens is 232 g/mol. The summed E-state index contributed by atoms with van der Waals surface area (Å²) in [7, 11) is 0. The van der Waals surface area contributed by atoms with Gasteiger partial charge >= 0.3 is 0 Å². The zero-order valence-corrected chi connectivity index (χ0v) is 12.2. The summed E-state index contributed by atoms with van der Waals surface area (Å²) in [4.78, 5) is 0. The van der Waals surface area contributed by atoms with Crippen LogP contribution in [0.5, 0.6) is 0 Å². The molecule has 0 saturated heterocycles. The summed E-state index contributed by atoms with van der Waals surface area (Å²) in [5, 5.41) is 32.2. The number of hydrogen-bond acceptors (Lipinski definition) is 5. The van der Waals surface area contributed by atoms with Crippen molar-refractivity contribution in [1.29, 1.82) is 0 Å². The van der Waals surface area contributed by atoms with E-state index in [0.29, 0.717) is 6.54 Å². The predicted octanol–water partition coefficient (Wildman–Crippen LogP) is 0.0961. The van der Waals surface area contributed by atoms with Crippen molar-refractivity contribution < 1.29 is 15.3 Å². The lowest BCUT2D eigenvalue weighted by molar-refractivity contribution is 0.0946. The van der Waals surface area contributed by atoms with Crippen LogP contribution in [0.3, 0.4) is 0 Å². The molecule has 0 saturated carbocycles. The maximum Gasteiger partial charge on any atom is 0.0894 e. The fourth-order valence-electron chi connectivity index (χ4n) is 1.10. The van der Waals surface area contributed by atoms with E-state index in [0.717, 1.165) is 38.9 Å². The SMILES string of the molecule is CCCNCC(O)CC.CCCNCC(O)CO. The molecule has 0 aliphatic heterocycles. The lowest BCUT2D eigenvalue weighted by Crippen LogP contribution is -2.29. The second kappa shape index (κ2) is 16.8. The smallest absolute Gasteiger partial charge is 0.0894 e. The highest BCUT2D eigenvalue weighted by atomic mass is 16.3. The highest BCUT2D eigenvalue weighted by Gasteiger charge is 1.98. The van der Waals surface area contributed by atoms with E-state index in [-0.39, 0.29) is 12.7 Å². The monoisotopic (exact) mass is 264 g/mol. The van der Waals surface area contributed by atoms with Crippen LogP contribution in [0.15, 0.2) is 0 Å². The minimum Gasteiger partial charge on any atom is -0.394 e. The van der Waals surface area contributed by atoms with Crippen LogP contribution in [0.2, 0.25) is 0 Å². The van der Waals surface area contributed by atoms with E-state index in [9.17, 15) is 0 Å². The third-order valence-corrected chi connectivity index (χ3v) is 2.30. The first-order valence-electron chi connectivity index (χ1n) is 7.00. The first-order valence-corrected chi connectivity index (χ1v) is 7.00. The summed E-state index contributed by atoms with van der Waals surface area (Å²) in [6.45, 7) is 9.14. The van der Waals surface area contributed by atoms with Gasteiger partial charge in [0.15, 0.2) is 0 Å². The molecule has 0 rings (SSSR count). The molecule has 112 valence electrons. The van der Waals surface area contributed by atoms with Crippen LogP contribution in [0.4, 0.5) is 0 Å². The maximum absolute atomic E-state index is 9.02. The van der Waals surface area contributed by atoms with E-state index in [1.807, 2.05) is 6.92 Å². The van der Waals surface area contributed by atoms with Crippen molar-refractivity contribution in [2.75, 3.05) is 32.8 Å². The van der Waals surface area contributed by atoms with Crippen LogP contribution in [0, 0.1) is 0 Å². The van der Waals surface area contributed by atoms with Crippen LogP contribution >= 0.6 is 0 Å². The van der Waals surface area contributed by atoms with Crippen LogP contribution in [0.1, 0.15) is 40.0 Å². The summed E-state index contributed by atoms with van der Waals surface area (Å²) < 4.78 is 0. The number of nitrogens with one attached hydrogen (secondary N) is 2. The topological polar surface area (TPSA) is 84.8 Å². The number of aliphatic hydroxyl groups excluding tert-OH is 3. The Labute approximate surface area is 112 Å². The molecule has 2 unspecified atom stereocenters. The van der Waals surface area contributed by atoms with Gasteiger partial charge < -0.3 is 26.0 Å². The summed E-state index contributed by atoms with van der Waals surface area (Å²) in [6.07, 6.45) is 2.28. The number of hydrogen-bond donors (Lipinski definition) is 5. The zero-order chi connectivity index (χ0) is 14.2. The average Bonchev–Trinajstić information content (AvgIpc) is 2.39. The third-order valence-electron chi connectivity index (χ3n) is 2.30. The Kier molecular flexibility index (Phi) is 18.8. The summed E-state index contributed by atoms with van der Waals surface area (Å²) in [5.41, 5.74) is 0. The molecule has 0 aliphatic rings. The molecule has 0 amide bonds. The molecule has 0 aromatic carbocycles. The van der Waals surface area contributed by atoms with E-state index >= 15 is 0 Å². The standard InChI is InChI=1S/C7H17NO.C6H15NO2/c1-3-5-8-6-7(9)4-2;1-2-3-7-4-6(9)5-8/h7-9H,3-6H2,1-2H3;6-9H,2-5H2,1H3. The van der Waals surface area contributed by atoms with Gasteiger partial charge in [0.1, 0.15) is 0 Å². The molecule has 5 nitrogen and oxygen atoms in total. The van der Waals surface area contributed by atoms with Crippen LogP contribution in [0.25, 0.3) is 0 Å². The van der Waals surface area contributed by atoms with E-state index < -0.39 is 6.10 Å². The second-order valence-electron chi connectivity index (χ2n) is 4.31. The van der Waals surface area contributed by atoms with Crippen molar-refractivity contribution in [3.05, 3.63) is 0 Å². The van der Waals surface area contributed by atoms with Crippen LogP contribution < -0.4 is 10.6 Å². The summed E-state index contributed by atoms with van der Waals surface area (Å²) in [5.74, 6) is 0. The first-order chi connectivity index (χ1) is 8.62. The molecule has 0 fully saturated rings. The van der Waals surface area contributed by atoms with Gasteiger partial charge in [-0.15, -0.1) is 0 Å². The largest absolute Gasteiger partial charge is 0.394 e. The van der Waals surface area contributed by atoms with Gasteiger partial charge in [0.05, 0.1) is 18.8 Å². The Hall–Kier alpha value is -0.200. The quantitative estimate of drug-likeness (QED) is 0.361. The minimum absolute atomic E-state index is 0.156. The van der Waals surface area contributed by atoms with E-state index in [2.05, 4.69) is 24.5 Å². The van der Waals surface area contributed by atoms with E-state index in [1.165, 1.54) is 0 Å². The van der Waals surface area contributed by atoms with Gasteiger partial charge in [-0.1, -0.05) is 20.8 Å². The molecule has 0 heterocycles. The van der Waals surface area contributed by atoms with E-state index in [1.54, 1.807) is 0 Å². The lowest BCUT2D eigenvalue weighted by Gasteiger charge is -2.07. The molecule has 0 aromatic heterocycles. The van der Waals surface area contributed by atoms with Gasteiger partial charge in [-0.05, 0) is 32.4 Å². The Morgan fingerprint density at radius 2 is 1.28 bits per heavy atom. The molecular formula is C13H32N2O3. The first kappa shape index (κ1) is 20.1. The molecule has 0 radical (unpaired) electrons. The number of rotatable bonds is 10. The van der Waals surface area contributed by atoms with Gasteiger partial charge in [0.2, 0.25) is 0 Å². The van der Waals surface area contributed by atoms with Crippen molar-refractivity contribution in [2.45, 2.75) is 52.2 Å². The van der Waals surface area contributed by atoms with Gasteiger partial charge in [-0.25, -0.2) is 0 Å². The Morgan fingerprint density at radius 3 is 1.61 bits per heavy atom. The molecule has 0 aromatic rings. The van der Waals surface area contributed by atoms with Crippen LogP contribution in [-0.4, -0.2) is 60.3 Å². The minimum atomic E-state index is -0.600. The van der Waals surface area contributed by atoms with E-state index in [4.69, 9.17) is 15.3 Å². The van der Waals surface area contributed by atoms with Crippen molar-refractivity contribution >= 4 is 0 Å². The molecule has 5 N–H and O–H groups in total. The van der Waals surface area contributed by atoms with Gasteiger partial charge in [0, 0.05) is 13.1 Å². The highest BCUT2D eigenvalue weighted by Crippen LogP contribution is 1.85. The maximum atomic E-state index is 9.02. The lowest BCUT2D eigenvalue weighted by atomic mass is 10.3. The number of aliphatic hydroxyl groups is 3. The van der Waals surface area contributed by atoms with Gasteiger partial charge in [0.25, 0.3) is 0 Å². The fraction of sp³-hybridized carbons (Fsp3) is 1.00. The Morgan fingerprint density at radius 1 is 0.833 bits per heavy atom. The van der Waals surface area contributed by atoms with Crippen LogP contribution in [-0.2, 0) is 0 Å². The summed E-state index contributed by atoms with van der Waals surface area (Å²) >= 11 is 0. The predicted molar refractivity (Wildman–Crippen MR) is 75.7 cm³/mol. The van der Waals surface area contributed by atoms with Gasteiger partial charge in [-0.3, -0.25) is 0 Å². The molecule has 0 spiro atoms. The highest BCUT2D eigenvalue weighted by molar-refractivity contribution is 4.55. The molecule has 5 heteroatoms. The summed E-state index contributed by atoms with van der Waals surface area (Å²) in [6, 6.07) is 0. The fourth-order valence-corrected chi connectivity index (χ4v) is 1.10. The van der Waals surface area contributed by atoms with Crippen molar-refractivity contribution in [2.24, 2.45) is 0 Å². The van der Waals surface area contributed by atoms with Gasteiger partial charge in [-0.2, -0.15) is 0 Å². The average molecular weight is 264 g/mol. The normalized spacial score (nSPS) is 13.7. The van der Waals surface area contributed by atoms with Crippen molar-refractivity contribution in [1.82, 2.24) is 10.6 Å².